The summed E-state index contributed by atoms with van der Waals surface area (Å²) in [7, 11) is 0. The molecule has 1 heterocycles. The molecule has 0 aromatic rings. The molecule has 1 atom stereocenters. The van der Waals surface area contributed by atoms with Gasteiger partial charge in [-0.05, 0) is 24.8 Å². The third-order valence-electron chi connectivity index (χ3n) is 3.02. The van der Waals surface area contributed by atoms with Gasteiger partial charge < -0.3 is 10.6 Å². The van der Waals surface area contributed by atoms with Crippen LogP contribution in [0.25, 0.3) is 0 Å². The van der Waals surface area contributed by atoms with E-state index in [4.69, 9.17) is 0 Å². The number of hydrogen-bond acceptors (Lipinski definition) is 2. The fourth-order valence-electron chi connectivity index (χ4n) is 2.15. The molecule has 0 saturated carbocycles. The molecular formula is C16H38N2. The van der Waals surface area contributed by atoms with Crippen molar-refractivity contribution in [3.05, 3.63) is 0 Å². The predicted molar refractivity (Wildman–Crippen MR) is 85.3 cm³/mol. The lowest BCUT2D eigenvalue weighted by atomic mass is 9.91. The van der Waals surface area contributed by atoms with E-state index >= 15 is 0 Å². The van der Waals surface area contributed by atoms with E-state index in [1.807, 2.05) is 27.7 Å². The molecule has 1 unspecified atom stereocenters. The van der Waals surface area contributed by atoms with E-state index in [0.717, 1.165) is 6.54 Å². The Balaban J connectivity index is 0. The van der Waals surface area contributed by atoms with Gasteiger partial charge in [0.15, 0.2) is 0 Å². The molecule has 0 aliphatic carbocycles. The quantitative estimate of drug-likeness (QED) is 0.698. The average molecular weight is 258 g/mol. The van der Waals surface area contributed by atoms with Gasteiger partial charge in [-0.1, -0.05) is 61.3 Å². The molecule has 2 heteroatoms. The van der Waals surface area contributed by atoms with Crippen LogP contribution in [0.2, 0.25) is 0 Å². The topological polar surface area (TPSA) is 24.1 Å². The van der Waals surface area contributed by atoms with Gasteiger partial charge in [-0.15, -0.1) is 0 Å². The number of nitrogens with one attached hydrogen (secondary N) is 2. The second-order valence-corrected chi connectivity index (χ2v) is 5.36. The van der Waals surface area contributed by atoms with Crippen molar-refractivity contribution in [2.24, 2.45) is 5.41 Å². The first-order valence-electron chi connectivity index (χ1n) is 8.08. The summed E-state index contributed by atoms with van der Waals surface area (Å²) < 4.78 is 0. The lowest BCUT2D eigenvalue weighted by Crippen LogP contribution is -2.34. The van der Waals surface area contributed by atoms with Crippen molar-refractivity contribution >= 4 is 0 Å². The fourth-order valence-corrected chi connectivity index (χ4v) is 2.15. The van der Waals surface area contributed by atoms with Crippen LogP contribution in [0.15, 0.2) is 0 Å². The van der Waals surface area contributed by atoms with Crippen molar-refractivity contribution in [3.8, 4) is 0 Å². The summed E-state index contributed by atoms with van der Waals surface area (Å²) in [6, 6.07) is 0.701. The smallest absolute Gasteiger partial charge is 0.0198 e. The standard InChI is InChI=1S/C12H26N2.2C2H6/c1-4-5-6-7-13-9-11-8-12(2,3)10-14-11;2*1-2/h11,13-14H,4-10H2,1-3H3;2*1-2H3. The maximum Gasteiger partial charge on any atom is 0.0198 e. The maximum absolute atomic E-state index is 3.58. The molecule has 2 nitrogen and oxygen atoms in total. The van der Waals surface area contributed by atoms with E-state index in [0.29, 0.717) is 11.5 Å². The normalized spacial score (nSPS) is 20.5. The Bertz CT molecular complexity index is 155. The predicted octanol–water partition coefficient (Wildman–Crippen LogP) is 4.21. The van der Waals surface area contributed by atoms with Crippen molar-refractivity contribution in [3.63, 3.8) is 0 Å². The molecule has 1 fully saturated rings. The minimum Gasteiger partial charge on any atom is -0.315 e. The van der Waals surface area contributed by atoms with Crippen LogP contribution in [0, 0.1) is 5.41 Å². The van der Waals surface area contributed by atoms with Gasteiger partial charge >= 0.3 is 0 Å². The van der Waals surface area contributed by atoms with Crippen LogP contribution in [-0.4, -0.2) is 25.7 Å². The Morgan fingerprint density at radius 3 is 2.17 bits per heavy atom. The molecule has 0 amide bonds. The molecule has 18 heavy (non-hydrogen) atoms. The minimum atomic E-state index is 0.510. The zero-order valence-electron chi connectivity index (χ0n) is 14.0. The molecule has 0 aromatic heterocycles. The molecule has 0 radical (unpaired) electrons. The zero-order valence-corrected chi connectivity index (χ0v) is 14.0. The summed E-state index contributed by atoms with van der Waals surface area (Å²) in [5.74, 6) is 0. The van der Waals surface area contributed by atoms with Gasteiger partial charge in [0.25, 0.3) is 0 Å². The summed E-state index contributed by atoms with van der Waals surface area (Å²) in [5, 5.41) is 7.11. The summed E-state index contributed by atoms with van der Waals surface area (Å²) in [6.45, 7) is 18.4. The monoisotopic (exact) mass is 258 g/mol. The largest absolute Gasteiger partial charge is 0.315 e. The average Bonchev–Trinajstić information content (AvgIpc) is 2.74. The second kappa shape index (κ2) is 13.4. The maximum atomic E-state index is 3.58. The van der Waals surface area contributed by atoms with E-state index in [1.165, 1.54) is 38.8 Å². The van der Waals surface area contributed by atoms with Crippen LogP contribution in [0.3, 0.4) is 0 Å². The lowest BCUT2D eigenvalue weighted by Gasteiger charge is -2.15. The van der Waals surface area contributed by atoms with Gasteiger partial charge in [0.1, 0.15) is 0 Å². The van der Waals surface area contributed by atoms with Crippen LogP contribution in [0.4, 0.5) is 0 Å². The van der Waals surface area contributed by atoms with E-state index in [1.54, 1.807) is 0 Å². The summed E-state index contributed by atoms with van der Waals surface area (Å²) in [6.07, 6.45) is 5.31. The van der Waals surface area contributed by atoms with E-state index in [-0.39, 0.29) is 0 Å². The van der Waals surface area contributed by atoms with Crippen LogP contribution < -0.4 is 10.6 Å². The first-order valence-corrected chi connectivity index (χ1v) is 8.08. The Morgan fingerprint density at radius 1 is 1.11 bits per heavy atom. The van der Waals surface area contributed by atoms with Gasteiger partial charge in [0.2, 0.25) is 0 Å². The third-order valence-corrected chi connectivity index (χ3v) is 3.02. The van der Waals surface area contributed by atoms with Crippen LogP contribution in [0.5, 0.6) is 0 Å². The van der Waals surface area contributed by atoms with Crippen LogP contribution in [-0.2, 0) is 0 Å². The van der Waals surface area contributed by atoms with Crippen molar-refractivity contribution in [2.75, 3.05) is 19.6 Å². The van der Waals surface area contributed by atoms with Gasteiger partial charge in [-0.2, -0.15) is 0 Å². The first-order chi connectivity index (χ1) is 8.64. The fraction of sp³-hybridized carbons (Fsp3) is 1.00. The third kappa shape index (κ3) is 11.0. The van der Waals surface area contributed by atoms with Gasteiger partial charge in [0.05, 0.1) is 0 Å². The molecule has 1 rings (SSSR count). The van der Waals surface area contributed by atoms with E-state index in [2.05, 4.69) is 31.4 Å². The van der Waals surface area contributed by atoms with E-state index in [9.17, 15) is 0 Å². The highest BCUT2D eigenvalue weighted by atomic mass is 15.0. The van der Waals surface area contributed by atoms with Crippen LogP contribution in [0.1, 0.15) is 74.1 Å². The number of unbranched alkanes of at least 4 members (excludes halogenated alkanes) is 2. The first kappa shape index (κ1) is 20.2. The van der Waals surface area contributed by atoms with Crippen molar-refractivity contribution in [1.29, 1.82) is 0 Å². The Hall–Kier alpha value is -0.0800. The SMILES string of the molecule is CC.CC.CCCCCNCC1CC(C)(C)CN1. The van der Waals surface area contributed by atoms with Gasteiger partial charge in [-0.3, -0.25) is 0 Å². The number of rotatable bonds is 6. The zero-order chi connectivity index (χ0) is 14.4. The van der Waals surface area contributed by atoms with Crippen molar-refractivity contribution < 1.29 is 0 Å². The molecule has 1 aliphatic heterocycles. The minimum absolute atomic E-state index is 0.510. The Kier molecular flexibility index (Phi) is 15.0. The molecular weight excluding hydrogens is 220 g/mol. The molecule has 0 spiro atoms. The summed E-state index contributed by atoms with van der Waals surface area (Å²) in [5.41, 5.74) is 0.510. The molecule has 0 aromatic carbocycles. The lowest BCUT2D eigenvalue weighted by molar-refractivity contribution is 0.397. The Labute approximate surface area is 116 Å². The molecule has 0 bridgehead atoms. The molecule has 1 saturated heterocycles. The second-order valence-electron chi connectivity index (χ2n) is 5.36. The van der Waals surface area contributed by atoms with Gasteiger partial charge in [0, 0.05) is 19.1 Å². The van der Waals surface area contributed by atoms with E-state index < -0.39 is 0 Å². The van der Waals surface area contributed by atoms with Crippen molar-refractivity contribution in [1.82, 2.24) is 10.6 Å². The molecule has 2 N–H and O–H groups in total. The highest BCUT2D eigenvalue weighted by molar-refractivity contribution is 4.88. The Morgan fingerprint density at radius 2 is 1.72 bits per heavy atom. The highest BCUT2D eigenvalue weighted by Gasteiger charge is 2.29. The number of hydrogen-bond donors (Lipinski definition) is 2. The van der Waals surface area contributed by atoms with Gasteiger partial charge in [-0.25, -0.2) is 0 Å². The van der Waals surface area contributed by atoms with Crippen molar-refractivity contribution in [2.45, 2.75) is 80.2 Å². The molecule has 112 valence electrons. The summed E-state index contributed by atoms with van der Waals surface area (Å²) in [4.78, 5) is 0. The summed E-state index contributed by atoms with van der Waals surface area (Å²) >= 11 is 0. The van der Waals surface area contributed by atoms with Crippen LogP contribution >= 0.6 is 0 Å². The highest BCUT2D eigenvalue weighted by Crippen LogP contribution is 2.26. The molecule has 1 aliphatic rings.